The smallest absolute Gasteiger partial charge is 0.335 e. The molecule has 0 unspecified atom stereocenters. The number of benzene rings is 2. The van der Waals surface area contributed by atoms with Crippen molar-refractivity contribution in [1.82, 2.24) is 4.98 Å². The molecule has 3 aromatic rings. The van der Waals surface area contributed by atoms with Gasteiger partial charge in [0.1, 0.15) is 5.75 Å². The number of phenols is 1. The van der Waals surface area contributed by atoms with Crippen LogP contribution in [0.4, 0.5) is 0 Å². The summed E-state index contributed by atoms with van der Waals surface area (Å²) in [6.45, 7) is 3.86. The number of phenolic OH excluding ortho intramolecular Hbond substituents is 1. The monoisotopic (exact) mass is 325 g/mol. The molecule has 0 aliphatic rings. The number of thiazole rings is 1. The Morgan fingerprint density at radius 1 is 1.04 bits per heavy atom. The summed E-state index contributed by atoms with van der Waals surface area (Å²) in [4.78, 5) is 16.3. The van der Waals surface area contributed by atoms with E-state index >= 15 is 0 Å². The molecule has 0 amide bonds. The highest BCUT2D eigenvalue weighted by Crippen LogP contribution is 2.38. The lowest BCUT2D eigenvalue weighted by molar-refractivity contribution is 0.0697. The minimum absolute atomic E-state index is 0.211. The lowest BCUT2D eigenvalue weighted by Crippen LogP contribution is -1.95. The zero-order valence-corrected chi connectivity index (χ0v) is 13.5. The summed E-state index contributed by atoms with van der Waals surface area (Å²) in [7, 11) is 0. The van der Waals surface area contributed by atoms with Crippen molar-refractivity contribution in [3.8, 4) is 27.3 Å². The van der Waals surface area contributed by atoms with Crippen LogP contribution in [0.15, 0.2) is 42.5 Å². The maximum atomic E-state index is 10.9. The highest BCUT2D eigenvalue weighted by atomic mass is 32.1. The lowest BCUT2D eigenvalue weighted by atomic mass is 10.00. The summed E-state index contributed by atoms with van der Waals surface area (Å²) >= 11 is 1.54. The molecule has 1 aromatic heterocycles. The van der Waals surface area contributed by atoms with E-state index in [4.69, 9.17) is 5.11 Å². The maximum Gasteiger partial charge on any atom is 0.335 e. The fraction of sp³-hybridized carbons (Fsp3) is 0.111. The first kappa shape index (κ1) is 15.2. The average molecular weight is 325 g/mol. The van der Waals surface area contributed by atoms with Gasteiger partial charge in [-0.2, -0.15) is 0 Å². The molecule has 1 heterocycles. The van der Waals surface area contributed by atoms with E-state index in [0.29, 0.717) is 0 Å². The Morgan fingerprint density at radius 2 is 1.70 bits per heavy atom. The van der Waals surface area contributed by atoms with E-state index in [2.05, 4.69) is 4.98 Å². The fourth-order valence-corrected chi connectivity index (χ4v) is 3.43. The van der Waals surface area contributed by atoms with Crippen molar-refractivity contribution in [3.05, 3.63) is 58.7 Å². The Balaban J connectivity index is 2.07. The zero-order chi connectivity index (χ0) is 16.6. The second kappa shape index (κ2) is 5.85. The number of carbonyl (C=O) groups is 1. The summed E-state index contributed by atoms with van der Waals surface area (Å²) in [5.74, 6) is -0.735. The Bertz CT molecular complexity index is 882. The topological polar surface area (TPSA) is 70.4 Å². The van der Waals surface area contributed by atoms with Gasteiger partial charge in [-0.25, -0.2) is 9.78 Å². The Labute approximate surface area is 137 Å². The Morgan fingerprint density at radius 3 is 2.26 bits per heavy atom. The molecule has 0 saturated heterocycles. The number of nitrogens with zero attached hydrogens (tertiary/aromatic N) is 1. The number of aromatic carboxylic acids is 1. The third-order valence-electron chi connectivity index (χ3n) is 3.61. The number of hydrogen-bond donors (Lipinski definition) is 2. The molecule has 116 valence electrons. The first-order valence-corrected chi connectivity index (χ1v) is 7.88. The van der Waals surface area contributed by atoms with Crippen molar-refractivity contribution < 1.29 is 15.0 Å². The van der Waals surface area contributed by atoms with E-state index in [9.17, 15) is 9.90 Å². The number of carboxylic acid groups (broad SMARTS) is 1. The van der Waals surface area contributed by atoms with E-state index in [-0.39, 0.29) is 11.3 Å². The van der Waals surface area contributed by atoms with E-state index < -0.39 is 5.97 Å². The van der Waals surface area contributed by atoms with Gasteiger partial charge in [-0.15, -0.1) is 11.3 Å². The van der Waals surface area contributed by atoms with Crippen LogP contribution in [0, 0.1) is 13.8 Å². The van der Waals surface area contributed by atoms with Crippen molar-refractivity contribution >= 4 is 17.3 Å². The summed E-state index contributed by atoms with van der Waals surface area (Å²) < 4.78 is 0. The van der Waals surface area contributed by atoms with Crippen LogP contribution in [-0.2, 0) is 0 Å². The lowest BCUT2D eigenvalue weighted by Gasteiger charge is -2.08. The van der Waals surface area contributed by atoms with Crippen LogP contribution in [0.3, 0.4) is 0 Å². The molecule has 2 aromatic carbocycles. The fourth-order valence-electron chi connectivity index (χ4n) is 2.48. The molecule has 0 fully saturated rings. The molecule has 0 aliphatic carbocycles. The summed E-state index contributed by atoms with van der Waals surface area (Å²) in [6, 6.07) is 12.1. The van der Waals surface area contributed by atoms with Gasteiger partial charge in [0.15, 0.2) is 0 Å². The van der Waals surface area contributed by atoms with Gasteiger partial charge in [0.2, 0.25) is 0 Å². The van der Waals surface area contributed by atoms with Crippen LogP contribution < -0.4 is 0 Å². The van der Waals surface area contributed by atoms with Crippen LogP contribution >= 0.6 is 11.3 Å². The quantitative estimate of drug-likeness (QED) is 0.744. The van der Waals surface area contributed by atoms with Gasteiger partial charge in [0.05, 0.1) is 21.1 Å². The SMILES string of the molecule is Cc1nc(C)c(-c2cc(-c3ccc(C(=O)O)cc3)ccc2O)s1. The molecule has 0 spiro atoms. The van der Waals surface area contributed by atoms with Crippen LogP contribution in [0.2, 0.25) is 0 Å². The molecular weight excluding hydrogens is 310 g/mol. The number of rotatable bonds is 3. The molecule has 0 atom stereocenters. The normalized spacial score (nSPS) is 10.7. The number of aromatic hydroxyl groups is 1. The summed E-state index contributed by atoms with van der Waals surface area (Å²) in [5.41, 5.74) is 3.70. The molecule has 4 nitrogen and oxygen atoms in total. The number of hydrogen-bond acceptors (Lipinski definition) is 4. The van der Waals surface area contributed by atoms with Gasteiger partial charge >= 0.3 is 5.97 Å². The third-order valence-corrected chi connectivity index (χ3v) is 4.72. The molecule has 3 rings (SSSR count). The average Bonchev–Trinajstić information content (AvgIpc) is 2.86. The highest BCUT2D eigenvalue weighted by Gasteiger charge is 2.13. The van der Waals surface area contributed by atoms with Crippen LogP contribution in [-0.4, -0.2) is 21.2 Å². The third kappa shape index (κ3) is 2.96. The van der Waals surface area contributed by atoms with Gasteiger partial charge < -0.3 is 10.2 Å². The molecule has 23 heavy (non-hydrogen) atoms. The first-order valence-electron chi connectivity index (χ1n) is 7.07. The van der Waals surface area contributed by atoms with Gasteiger partial charge in [-0.1, -0.05) is 18.2 Å². The van der Waals surface area contributed by atoms with Crippen molar-refractivity contribution in [2.75, 3.05) is 0 Å². The Hall–Kier alpha value is -2.66. The molecule has 0 bridgehead atoms. The van der Waals surface area contributed by atoms with E-state index in [1.54, 1.807) is 41.7 Å². The minimum atomic E-state index is -0.946. The van der Waals surface area contributed by atoms with Gasteiger partial charge in [0, 0.05) is 5.56 Å². The Kier molecular flexibility index (Phi) is 3.88. The number of aryl methyl sites for hydroxylation is 2. The molecule has 5 heteroatoms. The highest BCUT2D eigenvalue weighted by molar-refractivity contribution is 7.15. The van der Waals surface area contributed by atoms with Crippen molar-refractivity contribution in [2.24, 2.45) is 0 Å². The van der Waals surface area contributed by atoms with Crippen molar-refractivity contribution in [1.29, 1.82) is 0 Å². The molecule has 2 N–H and O–H groups in total. The molecule has 0 aliphatic heterocycles. The standard InChI is InChI=1S/C18H15NO3S/c1-10-17(23-11(2)19-10)15-9-14(7-8-16(15)20)12-3-5-13(6-4-12)18(21)22/h3-9,20H,1-2H3,(H,21,22). The van der Waals surface area contributed by atoms with E-state index in [1.165, 1.54) is 0 Å². The first-order chi connectivity index (χ1) is 11.0. The largest absolute Gasteiger partial charge is 0.507 e. The molecular formula is C18H15NO3S. The van der Waals surface area contributed by atoms with Crippen molar-refractivity contribution in [2.45, 2.75) is 13.8 Å². The van der Waals surface area contributed by atoms with Gasteiger partial charge in [0.25, 0.3) is 0 Å². The van der Waals surface area contributed by atoms with Gasteiger partial charge in [-0.3, -0.25) is 0 Å². The van der Waals surface area contributed by atoms with Crippen LogP contribution in [0.5, 0.6) is 5.75 Å². The maximum absolute atomic E-state index is 10.9. The minimum Gasteiger partial charge on any atom is -0.507 e. The van der Waals surface area contributed by atoms with Crippen LogP contribution in [0.1, 0.15) is 21.1 Å². The second-order valence-electron chi connectivity index (χ2n) is 5.26. The number of carboxylic acids is 1. The zero-order valence-electron chi connectivity index (χ0n) is 12.7. The van der Waals surface area contributed by atoms with E-state index in [1.807, 2.05) is 26.0 Å². The summed E-state index contributed by atoms with van der Waals surface area (Å²) in [5, 5.41) is 20.1. The van der Waals surface area contributed by atoms with Gasteiger partial charge in [-0.05, 0) is 49.2 Å². The predicted molar refractivity (Wildman–Crippen MR) is 91.1 cm³/mol. The van der Waals surface area contributed by atoms with Crippen LogP contribution in [0.25, 0.3) is 21.6 Å². The molecule has 0 saturated carbocycles. The van der Waals surface area contributed by atoms with E-state index in [0.717, 1.165) is 32.3 Å². The summed E-state index contributed by atoms with van der Waals surface area (Å²) in [6.07, 6.45) is 0. The molecule has 0 radical (unpaired) electrons. The predicted octanol–water partition coefficient (Wildman–Crippen LogP) is 4.50. The second-order valence-corrected chi connectivity index (χ2v) is 6.47. The van der Waals surface area contributed by atoms with Crippen molar-refractivity contribution in [3.63, 3.8) is 0 Å². The number of aromatic nitrogens is 1.